The molecule has 0 spiro atoms. The van der Waals surface area contributed by atoms with Crippen LogP contribution in [0.15, 0.2) is 71.8 Å². The van der Waals surface area contributed by atoms with Gasteiger partial charge in [-0.25, -0.2) is 5.01 Å². The Morgan fingerprint density at radius 1 is 0.900 bits per heavy atom. The molecule has 3 aromatic rings. The van der Waals surface area contributed by atoms with Gasteiger partial charge >= 0.3 is 0 Å². The van der Waals surface area contributed by atoms with Crippen LogP contribution in [-0.4, -0.2) is 24.6 Å². The Kier molecular flexibility index (Phi) is 3.84. The number of para-hydroxylation sites is 2. The van der Waals surface area contributed by atoms with Crippen LogP contribution < -0.4 is 18.9 Å². The summed E-state index contributed by atoms with van der Waals surface area (Å²) in [5, 5.41) is 7.07. The molecule has 0 saturated carbocycles. The average Bonchev–Trinajstić information content (AvgIpc) is 3.45. The number of ether oxygens (including phenoxy) is 4. The molecule has 0 aliphatic carbocycles. The van der Waals surface area contributed by atoms with Crippen molar-refractivity contribution >= 4 is 5.71 Å². The van der Waals surface area contributed by atoms with Gasteiger partial charge in [0.2, 0.25) is 13.0 Å². The second-order valence-corrected chi connectivity index (χ2v) is 7.46. The lowest BCUT2D eigenvalue weighted by molar-refractivity contribution is -0.0203. The first kappa shape index (κ1) is 17.2. The second-order valence-electron chi connectivity index (χ2n) is 7.46. The van der Waals surface area contributed by atoms with Gasteiger partial charge in [-0.2, -0.15) is 5.10 Å². The van der Waals surface area contributed by atoms with Gasteiger partial charge in [-0.15, -0.1) is 0 Å². The summed E-state index contributed by atoms with van der Waals surface area (Å²) in [5.74, 6) is 3.21. The zero-order chi connectivity index (χ0) is 20.1. The normalized spacial score (nSPS) is 20.8. The summed E-state index contributed by atoms with van der Waals surface area (Å²) in [4.78, 5) is 0. The molecule has 0 N–H and O–H groups in total. The summed E-state index contributed by atoms with van der Waals surface area (Å²) < 4.78 is 23.1. The van der Waals surface area contributed by atoms with E-state index in [2.05, 4.69) is 11.1 Å². The van der Waals surface area contributed by atoms with Crippen LogP contribution in [0.2, 0.25) is 0 Å². The van der Waals surface area contributed by atoms with Gasteiger partial charge in [0.05, 0.1) is 24.4 Å². The smallest absolute Gasteiger partial charge is 0.231 e. The zero-order valence-electron chi connectivity index (χ0n) is 16.4. The Hall–Kier alpha value is -3.67. The van der Waals surface area contributed by atoms with E-state index in [-0.39, 0.29) is 19.1 Å². The molecule has 0 aromatic heterocycles. The third-order valence-corrected chi connectivity index (χ3v) is 5.81. The average molecular weight is 400 g/mol. The molecule has 3 aliphatic rings. The van der Waals surface area contributed by atoms with E-state index in [1.54, 1.807) is 7.11 Å². The number of hydrazone groups is 1. The van der Waals surface area contributed by atoms with Gasteiger partial charge in [0.1, 0.15) is 11.5 Å². The Morgan fingerprint density at radius 2 is 1.70 bits per heavy atom. The summed E-state index contributed by atoms with van der Waals surface area (Å²) >= 11 is 0. The molecule has 150 valence electrons. The quantitative estimate of drug-likeness (QED) is 0.640. The molecule has 3 aromatic carbocycles. The largest absolute Gasteiger partial charge is 0.496 e. The van der Waals surface area contributed by atoms with Crippen molar-refractivity contribution in [1.82, 2.24) is 5.01 Å². The summed E-state index contributed by atoms with van der Waals surface area (Å²) in [6.07, 6.45) is 0.415. The third-order valence-electron chi connectivity index (χ3n) is 5.81. The fourth-order valence-corrected chi connectivity index (χ4v) is 4.36. The maximum Gasteiger partial charge on any atom is 0.231 e. The van der Waals surface area contributed by atoms with Gasteiger partial charge < -0.3 is 18.9 Å². The minimum atomic E-state index is -0.368. The highest BCUT2D eigenvalue weighted by molar-refractivity contribution is 6.02. The SMILES string of the molecule is COc1ccccc1[C@H]1Oc2ccccc2[C@H]2CC(c3ccc4c(c3)OCO4)=NN21. The van der Waals surface area contributed by atoms with Crippen LogP contribution >= 0.6 is 0 Å². The minimum Gasteiger partial charge on any atom is -0.496 e. The molecule has 0 radical (unpaired) electrons. The highest BCUT2D eigenvalue weighted by Crippen LogP contribution is 2.49. The molecule has 0 amide bonds. The standard InChI is InChI=1S/C24H20N2O4/c1-27-20-8-4-3-7-17(20)24-26-19(16-6-2-5-9-21(16)30-24)13-18(25-26)15-10-11-22-23(12-15)29-14-28-22/h2-12,19,24H,13-14H2,1H3/t19-,24-/m1/s1. The lowest BCUT2D eigenvalue weighted by Gasteiger charge is -2.38. The van der Waals surface area contributed by atoms with Crippen molar-refractivity contribution in [2.75, 3.05) is 13.9 Å². The molecular formula is C24H20N2O4. The molecule has 3 heterocycles. The van der Waals surface area contributed by atoms with Crippen molar-refractivity contribution in [1.29, 1.82) is 0 Å². The van der Waals surface area contributed by atoms with E-state index in [9.17, 15) is 0 Å². The maximum atomic E-state index is 6.43. The third kappa shape index (κ3) is 2.60. The number of benzene rings is 3. The topological polar surface area (TPSA) is 52.5 Å². The van der Waals surface area contributed by atoms with Crippen molar-refractivity contribution in [2.24, 2.45) is 5.10 Å². The number of hydrogen-bond acceptors (Lipinski definition) is 6. The van der Waals surface area contributed by atoms with Crippen molar-refractivity contribution in [3.05, 3.63) is 83.4 Å². The molecule has 0 bridgehead atoms. The number of nitrogens with zero attached hydrogens (tertiary/aromatic N) is 2. The molecular weight excluding hydrogens is 380 g/mol. The monoisotopic (exact) mass is 400 g/mol. The molecule has 0 fully saturated rings. The van der Waals surface area contributed by atoms with E-state index >= 15 is 0 Å². The summed E-state index contributed by atoms with van der Waals surface area (Å²) in [6.45, 7) is 0.261. The highest BCUT2D eigenvalue weighted by atomic mass is 16.7. The van der Waals surface area contributed by atoms with Crippen molar-refractivity contribution in [3.8, 4) is 23.0 Å². The molecule has 6 nitrogen and oxygen atoms in total. The number of fused-ring (bicyclic) bond motifs is 4. The summed E-state index contributed by atoms with van der Waals surface area (Å²) in [6, 6.07) is 22.2. The van der Waals surface area contributed by atoms with E-state index in [1.807, 2.05) is 60.7 Å². The molecule has 30 heavy (non-hydrogen) atoms. The van der Waals surface area contributed by atoms with Crippen LogP contribution in [0.5, 0.6) is 23.0 Å². The molecule has 2 atom stereocenters. The van der Waals surface area contributed by atoms with Gasteiger partial charge in [0.25, 0.3) is 0 Å². The zero-order valence-corrected chi connectivity index (χ0v) is 16.4. The van der Waals surface area contributed by atoms with Gasteiger partial charge in [-0.1, -0.05) is 30.3 Å². The number of rotatable bonds is 3. The molecule has 0 unspecified atom stereocenters. The fraction of sp³-hybridized carbons (Fsp3) is 0.208. The van der Waals surface area contributed by atoms with Crippen LogP contribution in [0.25, 0.3) is 0 Å². The van der Waals surface area contributed by atoms with Gasteiger partial charge in [0, 0.05) is 17.5 Å². The lowest BCUT2D eigenvalue weighted by atomic mass is 9.95. The molecule has 6 heteroatoms. The van der Waals surface area contributed by atoms with E-state index in [0.29, 0.717) is 0 Å². The molecule has 6 rings (SSSR count). The maximum absolute atomic E-state index is 6.43. The van der Waals surface area contributed by atoms with Gasteiger partial charge in [-0.05, 0) is 36.4 Å². The second kappa shape index (κ2) is 6.69. The van der Waals surface area contributed by atoms with E-state index in [4.69, 9.17) is 24.0 Å². The first-order valence-corrected chi connectivity index (χ1v) is 9.96. The van der Waals surface area contributed by atoms with E-state index in [0.717, 1.165) is 51.8 Å². The minimum absolute atomic E-state index is 0.0882. The van der Waals surface area contributed by atoms with Crippen molar-refractivity contribution in [3.63, 3.8) is 0 Å². The van der Waals surface area contributed by atoms with Crippen molar-refractivity contribution in [2.45, 2.75) is 18.7 Å². The number of hydrogen-bond donors (Lipinski definition) is 0. The van der Waals surface area contributed by atoms with Gasteiger partial charge in [-0.3, -0.25) is 0 Å². The number of methoxy groups -OCH3 is 1. The Balaban J connectivity index is 1.45. The molecule has 0 saturated heterocycles. The summed E-state index contributed by atoms with van der Waals surface area (Å²) in [5.41, 5.74) is 4.13. The Morgan fingerprint density at radius 3 is 2.60 bits per heavy atom. The predicted molar refractivity (Wildman–Crippen MR) is 111 cm³/mol. The predicted octanol–water partition coefficient (Wildman–Crippen LogP) is 4.67. The van der Waals surface area contributed by atoms with Crippen LogP contribution in [0.4, 0.5) is 0 Å². The van der Waals surface area contributed by atoms with E-state index < -0.39 is 0 Å². The lowest BCUT2D eigenvalue weighted by Crippen LogP contribution is -2.33. The summed E-state index contributed by atoms with van der Waals surface area (Å²) in [7, 11) is 1.68. The highest BCUT2D eigenvalue weighted by Gasteiger charge is 2.41. The Bertz CT molecular complexity index is 1160. The van der Waals surface area contributed by atoms with Crippen LogP contribution in [-0.2, 0) is 0 Å². The van der Waals surface area contributed by atoms with Gasteiger partial charge in [0.15, 0.2) is 11.5 Å². The van der Waals surface area contributed by atoms with Crippen LogP contribution in [0.1, 0.15) is 35.4 Å². The first-order valence-electron chi connectivity index (χ1n) is 9.96. The molecule has 3 aliphatic heterocycles. The fourth-order valence-electron chi connectivity index (χ4n) is 4.36. The Labute approximate surface area is 174 Å². The van der Waals surface area contributed by atoms with Crippen LogP contribution in [0, 0.1) is 0 Å². The van der Waals surface area contributed by atoms with E-state index in [1.165, 1.54) is 0 Å². The first-order chi connectivity index (χ1) is 14.8. The van der Waals surface area contributed by atoms with Crippen LogP contribution in [0.3, 0.4) is 0 Å². The van der Waals surface area contributed by atoms with Crippen molar-refractivity contribution < 1.29 is 18.9 Å².